The predicted octanol–water partition coefficient (Wildman–Crippen LogP) is 2.44. The van der Waals surface area contributed by atoms with Gasteiger partial charge < -0.3 is 4.98 Å². The molecule has 0 amide bonds. The zero-order valence-corrected chi connectivity index (χ0v) is 8.22. The van der Waals surface area contributed by atoms with Crippen molar-refractivity contribution in [2.24, 2.45) is 0 Å². The van der Waals surface area contributed by atoms with Crippen molar-refractivity contribution in [1.29, 1.82) is 0 Å². The second-order valence-corrected chi connectivity index (χ2v) is 3.58. The molecule has 15 heavy (non-hydrogen) atoms. The highest BCUT2D eigenvalue weighted by Crippen LogP contribution is 2.32. The van der Waals surface area contributed by atoms with Crippen LogP contribution in [0.4, 0.5) is 8.78 Å². The van der Waals surface area contributed by atoms with E-state index in [0.717, 1.165) is 6.20 Å². The highest BCUT2D eigenvalue weighted by atomic mass is 32.1. The monoisotopic (exact) mass is 228 g/mol. The fourth-order valence-corrected chi connectivity index (χ4v) is 2.01. The van der Waals surface area contributed by atoms with Crippen LogP contribution >= 0.6 is 11.3 Å². The first-order valence-corrected chi connectivity index (χ1v) is 5.02. The van der Waals surface area contributed by atoms with Crippen molar-refractivity contribution >= 4 is 11.3 Å². The lowest BCUT2D eigenvalue weighted by atomic mass is 10.1. The number of hydrogen-bond donors (Lipinski definition) is 1. The number of aromatic nitrogens is 2. The van der Waals surface area contributed by atoms with E-state index in [1.807, 2.05) is 0 Å². The standard InChI is InChI=1S/C9H6F2N2OS/c10-9(11)6-4-15-3-5(6)7-1-13-8(14)2-12-7/h1-4,9H,(H,13,14). The Morgan fingerprint density at radius 3 is 2.80 bits per heavy atom. The highest BCUT2D eigenvalue weighted by molar-refractivity contribution is 7.08. The number of alkyl halides is 2. The molecule has 6 heteroatoms. The molecule has 0 bridgehead atoms. The first-order chi connectivity index (χ1) is 7.18. The molecule has 2 rings (SSSR count). The van der Waals surface area contributed by atoms with E-state index in [1.54, 1.807) is 5.38 Å². The minimum Gasteiger partial charge on any atom is -0.326 e. The Bertz CT molecular complexity index is 500. The fraction of sp³-hybridized carbons (Fsp3) is 0.111. The maximum Gasteiger partial charge on any atom is 0.266 e. The van der Waals surface area contributed by atoms with Crippen molar-refractivity contribution < 1.29 is 8.78 Å². The number of aromatic amines is 1. The van der Waals surface area contributed by atoms with E-state index in [0.29, 0.717) is 11.3 Å². The molecule has 0 unspecified atom stereocenters. The van der Waals surface area contributed by atoms with Crippen LogP contribution in [0, 0.1) is 0 Å². The highest BCUT2D eigenvalue weighted by Gasteiger charge is 2.15. The quantitative estimate of drug-likeness (QED) is 0.858. The minimum atomic E-state index is -2.53. The SMILES string of the molecule is O=c1cnc(-c2cscc2C(F)F)c[nH]1. The van der Waals surface area contributed by atoms with Crippen molar-refractivity contribution in [3.05, 3.63) is 39.1 Å². The number of rotatable bonds is 2. The van der Waals surface area contributed by atoms with Crippen molar-refractivity contribution in [2.45, 2.75) is 6.43 Å². The van der Waals surface area contributed by atoms with Crippen LogP contribution in [-0.2, 0) is 0 Å². The van der Waals surface area contributed by atoms with Gasteiger partial charge in [0.15, 0.2) is 0 Å². The molecular formula is C9H6F2N2OS. The van der Waals surface area contributed by atoms with Crippen LogP contribution in [0.2, 0.25) is 0 Å². The zero-order valence-electron chi connectivity index (χ0n) is 7.41. The topological polar surface area (TPSA) is 45.8 Å². The van der Waals surface area contributed by atoms with Crippen molar-refractivity contribution in [3.63, 3.8) is 0 Å². The van der Waals surface area contributed by atoms with E-state index < -0.39 is 6.43 Å². The fourth-order valence-electron chi connectivity index (χ4n) is 1.17. The van der Waals surface area contributed by atoms with Crippen LogP contribution in [0.1, 0.15) is 12.0 Å². The molecule has 2 aromatic rings. The lowest BCUT2D eigenvalue weighted by Crippen LogP contribution is -2.04. The summed E-state index contributed by atoms with van der Waals surface area (Å²) in [6.45, 7) is 0. The van der Waals surface area contributed by atoms with E-state index in [-0.39, 0.29) is 11.1 Å². The van der Waals surface area contributed by atoms with E-state index in [1.165, 1.54) is 22.9 Å². The zero-order chi connectivity index (χ0) is 10.8. The third-order valence-electron chi connectivity index (χ3n) is 1.87. The number of nitrogens with zero attached hydrogens (tertiary/aromatic N) is 1. The molecule has 0 radical (unpaired) electrons. The molecule has 3 nitrogen and oxygen atoms in total. The number of hydrogen-bond acceptors (Lipinski definition) is 3. The summed E-state index contributed by atoms with van der Waals surface area (Å²) in [5, 5.41) is 2.97. The first-order valence-electron chi connectivity index (χ1n) is 4.08. The van der Waals surface area contributed by atoms with Crippen LogP contribution in [-0.4, -0.2) is 9.97 Å². The van der Waals surface area contributed by atoms with Gasteiger partial charge in [-0.3, -0.25) is 4.79 Å². The average Bonchev–Trinajstić information content (AvgIpc) is 2.67. The molecule has 0 saturated carbocycles. The summed E-state index contributed by atoms with van der Waals surface area (Å²) < 4.78 is 25.1. The van der Waals surface area contributed by atoms with Crippen LogP contribution in [0.15, 0.2) is 27.9 Å². The van der Waals surface area contributed by atoms with Crippen molar-refractivity contribution in [2.75, 3.05) is 0 Å². The number of H-pyrrole nitrogens is 1. The van der Waals surface area contributed by atoms with Gasteiger partial charge in [-0.05, 0) is 0 Å². The number of nitrogens with one attached hydrogen (secondary N) is 1. The summed E-state index contributed by atoms with van der Waals surface area (Å²) >= 11 is 1.18. The molecule has 2 aromatic heterocycles. The van der Waals surface area contributed by atoms with Gasteiger partial charge in [0.25, 0.3) is 12.0 Å². The van der Waals surface area contributed by atoms with Gasteiger partial charge in [-0.25, -0.2) is 13.8 Å². The van der Waals surface area contributed by atoms with Crippen LogP contribution in [0.3, 0.4) is 0 Å². The van der Waals surface area contributed by atoms with Gasteiger partial charge in [0.05, 0.1) is 11.9 Å². The van der Waals surface area contributed by atoms with Crippen LogP contribution in [0.25, 0.3) is 11.3 Å². The Morgan fingerprint density at radius 1 is 1.40 bits per heavy atom. The first kappa shape index (κ1) is 9.97. The number of halogens is 2. The van der Waals surface area contributed by atoms with Gasteiger partial charge in [0, 0.05) is 28.1 Å². The maximum absolute atomic E-state index is 12.5. The lowest BCUT2D eigenvalue weighted by Gasteiger charge is -2.01. The van der Waals surface area contributed by atoms with Crippen molar-refractivity contribution in [3.8, 4) is 11.3 Å². The minimum absolute atomic E-state index is 0.0560. The molecule has 0 aliphatic carbocycles. The molecule has 0 fully saturated rings. The Hall–Kier alpha value is -1.56. The normalized spacial score (nSPS) is 10.9. The van der Waals surface area contributed by atoms with E-state index in [9.17, 15) is 13.6 Å². The van der Waals surface area contributed by atoms with E-state index >= 15 is 0 Å². The van der Waals surface area contributed by atoms with Gasteiger partial charge in [-0.1, -0.05) is 0 Å². The summed E-state index contributed by atoms with van der Waals surface area (Å²) in [6.07, 6.45) is -0.126. The lowest BCUT2D eigenvalue weighted by molar-refractivity contribution is 0.152. The smallest absolute Gasteiger partial charge is 0.266 e. The Morgan fingerprint density at radius 2 is 2.20 bits per heavy atom. The molecule has 0 spiro atoms. The Kier molecular flexibility index (Phi) is 2.59. The van der Waals surface area contributed by atoms with Crippen LogP contribution < -0.4 is 5.56 Å². The summed E-state index contributed by atoms with van der Waals surface area (Å²) in [6, 6.07) is 0. The molecule has 2 heterocycles. The number of thiophene rings is 1. The third kappa shape index (κ3) is 1.94. The molecule has 0 atom stereocenters. The predicted molar refractivity (Wildman–Crippen MR) is 53.1 cm³/mol. The molecular weight excluding hydrogens is 222 g/mol. The summed E-state index contributed by atoms with van der Waals surface area (Å²) in [5.41, 5.74) is 0.310. The van der Waals surface area contributed by atoms with Gasteiger partial charge in [0.2, 0.25) is 0 Å². The Labute approximate surface area is 87.4 Å². The molecule has 0 aliphatic heterocycles. The van der Waals surface area contributed by atoms with E-state index in [4.69, 9.17) is 0 Å². The van der Waals surface area contributed by atoms with Crippen molar-refractivity contribution in [1.82, 2.24) is 9.97 Å². The maximum atomic E-state index is 12.5. The van der Waals surface area contributed by atoms with Gasteiger partial charge in [0.1, 0.15) is 0 Å². The largest absolute Gasteiger partial charge is 0.326 e. The molecule has 78 valence electrons. The van der Waals surface area contributed by atoms with Gasteiger partial charge >= 0.3 is 0 Å². The Balaban J connectivity index is 2.49. The second kappa shape index (κ2) is 3.90. The van der Waals surface area contributed by atoms with E-state index in [2.05, 4.69) is 9.97 Å². The molecule has 1 N–H and O–H groups in total. The summed E-state index contributed by atoms with van der Waals surface area (Å²) in [4.78, 5) is 16.9. The van der Waals surface area contributed by atoms with Gasteiger partial charge in [-0.15, -0.1) is 0 Å². The second-order valence-electron chi connectivity index (χ2n) is 2.84. The summed E-state index contributed by atoms with van der Waals surface area (Å²) in [5.74, 6) is 0. The third-order valence-corrected chi connectivity index (χ3v) is 2.64. The average molecular weight is 228 g/mol. The molecule has 0 saturated heterocycles. The molecule has 0 aromatic carbocycles. The molecule has 0 aliphatic rings. The van der Waals surface area contributed by atoms with Gasteiger partial charge in [-0.2, -0.15) is 11.3 Å². The van der Waals surface area contributed by atoms with Crippen LogP contribution in [0.5, 0.6) is 0 Å². The summed E-state index contributed by atoms with van der Waals surface area (Å²) in [7, 11) is 0.